The van der Waals surface area contributed by atoms with E-state index in [-0.39, 0.29) is 11.4 Å². The molecular weight excluding hydrogens is 455 g/mol. The van der Waals surface area contributed by atoms with Gasteiger partial charge < -0.3 is 0 Å². The first-order chi connectivity index (χ1) is 17.6. The van der Waals surface area contributed by atoms with E-state index in [0.29, 0.717) is 57.6 Å². The van der Waals surface area contributed by atoms with Crippen LogP contribution in [0.1, 0.15) is 17.0 Å². The van der Waals surface area contributed by atoms with Crippen molar-refractivity contribution in [1.29, 1.82) is 0 Å². The minimum atomic E-state index is -0.324. The van der Waals surface area contributed by atoms with Crippen LogP contribution in [0.15, 0.2) is 88.8 Å². The topological polar surface area (TPSA) is 78.0 Å². The Labute approximate surface area is 205 Å². The number of fused-ring (bicyclic) bond motifs is 4. The van der Waals surface area contributed by atoms with Crippen LogP contribution in [0.3, 0.4) is 0 Å². The molecule has 3 aromatic heterocycles. The third-order valence-corrected chi connectivity index (χ3v) is 6.19. The predicted octanol–water partition coefficient (Wildman–Crippen LogP) is 4.87. The maximum atomic E-state index is 13.8. The summed E-state index contributed by atoms with van der Waals surface area (Å²) in [6.07, 6.45) is 2.29. The fraction of sp³-hybridized carbons (Fsp3) is 0.107. The zero-order chi connectivity index (χ0) is 24.6. The number of halogens is 1. The lowest BCUT2D eigenvalue weighted by Crippen LogP contribution is -2.25. The van der Waals surface area contributed by atoms with Gasteiger partial charge in [0.05, 0.1) is 17.2 Å². The second-order valence-electron chi connectivity index (χ2n) is 8.54. The van der Waals surface area contributed by atoms with Crippen LogP contribution in [-0.2, 0) is 13.0 Å². The Morgan fingerprint density at radius 1 is 0.861 bits per heavy atom. The molecule has 0 saturated heterocycles. The first-order valence-electron chi connectivity index (χ1n) is 11.6. The highest BCUT2D eigenvalue weighted by molar-refractivity contribution is 6.05. The Hall–Kier alpha value is -4.72. The van der Waals surface area contributed by atoms with Crippen molar-refractivity contribution in [2.24, 2.45) is 5.10 Å². The molecule has 0 aliphatic rings. The molecule has 0 bridgehead atoms. The van der Waals surface area contributed by atoms with E-state index >= 15 is 0 Å². The zero-order valence-corrected chi connectivity index (χ0v) is 19.5. The van der Waals surface area contributed by atoms with Crippen molar-refractivity contribution < 1.29 is 4.39 Å². The monoisotopic (exact) mass is 476 g/mol. The van der Waals surface area contributed by atoms with Crippen molar-refractivity contribution in [3.05, 3.63) is 112 Å². The van der Waals surface area contributed by atoms with Gasteiger partial charge in [0.15, 0.2) is 11.3 Å². The minimum Gasteiger partial charge on any atom is -0.296 e. The quantitative estimate of drug-likeness (QED) is 0.333. The molecule has 8 heteroatoms. The largest absolute Gasteiger partial charge is 0.296 e. The second kappa shape index (κ2) is 8.81. The van der Waals surface area contributed by atoms with Crippen LogP contribution >= 0.6 is 0 Å². The first-order valence-corrected chi connectivity index (χ1v) is 11.6. The molecule has 3 heterocycles. The van der Waals surface area contributed by atoms with Crippen molar-refractivity contribution in [2.45, 2.75) is 19.9 Å². The van der Waals surface area contributed by atoms with Gasteiger partial charge in [-0.1, -0.05) is 54.6 Å². The number of hydrogen-bond donors (Lipinski definition) is 0. The molecule has 0 amide bonds. The highest BCUT2D eigenvalue weighted by atomic mass is 19.1. The highest BCUT2D eigenvalue weighted by Gasteiger charge is 2.21. The molecular formula is C28H21FN6O. The lowest BCUT2D eigenvalue weighted by Gasteiger charge is -2.10. The lowest BCUT2D eigenvalue weighted by molar-refractivity contribution is 0.628. The van der Waals surface area contributed by atoms with Crippen LogP contribution in [0.2, 0.25) is 0 Å². The van der Waals surface area contributed by atoms with Crippen LogP contribution in [-0.4, -0.2) is 30.4 Å². The van der Waals surface area contributed by atoms with Gasteiger partial charge in [-0.15, -0.1) is 0 Å². The van der Waals surface area contributed by atoms with E-state index in [0.717, 1.165) is 5.56 Å². The number of hydrogen-bond acceptors (Lipinski definition) is 5. The Kier molecular flexibility index (Phi) is 5.33. The lowest BCUT2D eigenvalue weighted by atomic mass is 10.1. The number of aromatic nitrogens is 5. The summed E-state index contributed by atoms with van der Waals surface area (Å²) < 4.78 is 16.6. The molecule has 176 valence electrons. The van der Waals surface area contributed by atoms with Gasteiger partial charge in [-0.25, -0.2) is 19.3 Å². The van der Waals surface area contributed by atoms with Gasteiger partial charge in [-0.2, -0.15) is 9.78 Å². The maximum absolute atomic E-state index is 13.8. The first kappa shape index (κ1) is 21.8. The van der Waals surface area contributed by atoms with Gasteiger partial charge in [-0.05, 0) is 48.7 Å². The summed E-state index contributed by atoms with van der Waals surface area (Å²) in [6, 6.07) is 23.5. The summed E-state index contributed by atoms with van der Waals surface area (Å²) >= 11 is 0. The Morgan fingerprint density at radius 2 is 1.56 bits per heavy atom. The molecule has 36 heavy (non-hydrogen) atoms. The van der Waals surface area contributed by atoms with Gasteiger partial charge in [0, 0.05) is 6.54 Å². The van der Waals surface area contributed by atoms with E-state index in [1.807, 2.05) is 61.5 Å². The Balaban J connectivity index is 1.57. The number of para-hydroxylation sites is 2. The molecule has 6 rings (SSSR count). The maximum Gasteiger partial charge on any atom is 0.265 e. The van der Waals surface area contributed by atoms with E-state index in [9.17, 15) is 9.18 Å². The standard InChI is InChI=1S/C28H21FN6O/c1-18-31-26-24(28(36)34(18)16-15-19-7-3-2-4-8-19)25-27(33-23-10-6-5-9-22(23)32-25)35(26)30-17-20-11-13-21(29)14-12-20/h2-14,17H,15-16H2,1H3/b30-17-. The summed E-state index contributed by atoms with van der Waals surface area (Å²) in [4.78, 5) is 28.1. The van der Waals surface area contributed by atoms with Crippen molar-refractivity contribution in [1.82, 2.24) is 24.2 Å². The molecule has 0 N–H and O–H groups in total. The number of aryl methyl sites for hydroxylation is 2. The fourth-order valence-corrected chi connectivity index (χ4v) is 4.35. The smallest absolute Gasteiger partial charge is 0.265 e. The SMILES string of the molecule is Cc1nc2c(c(=O)n1CCc1ccccc1)c1nc3ccccc3nc1n2/N=C\c1ccc(F)cc1. The summed E-state index contributed by atoms with van der Waals surface area (Å²) in [6.45, 7) is 2.30. The zero-order valence-electron chi connectivity index (χ0n) is 19.5. The molecule has 0 aliphatic carbocycles. The van der Waals surface area contributed by atoms with Crippen molar-refractivity contribution in [2.75, 3.05) is 0 Å². The molecule has 0 atom stereocenters. The van der Waals surface area contributed by atoms with Crippen LogP contribution in [0.4, 0.5) is 4.39 Å². The summed E-state index contributed by atoms with van der Waals surface area (Å²) in [7, 11) is 0. The van der Waals surface area contributed by atoms with Crippen LogP contribution in [0.5, 0.6) is 0 Å². The van der Waals surface area contributed by atoms with Gasteiger partial charge >= 0.3 is 0 Å². The summed E-state index contributed by atoms with van der Waals surface area (Å²) in [5.41, 5.74) is 4.30. The number of benzene rings is 3. The van der Waals surface area contributed by atoms with E-state index in [1.54, 1.807) is 27.6 Å². The normalized spacial score (nSPS) is 11.8. The van der Waals surface area contributed by atoms with Crippen LogP contribution in [0.25, 0.3) is 33.2 Å². The van der Waals surface area contributed by atoms with E-state index in [4.69, 9.17) is 15.0 Å². The molecule has 0 aliphatic heterocycles. The van der Waals surface area contributed by atoms with Crippen molar-refractivity contribution in [3.8, 4) is 0 Å². The van der Waals surface area contributed by atoms with Crippen molar-refractivity contribution >= 4 is 39.4 Å². The van der Waals surface area contributed by atoms with Gasteiger partial charge in [0.25, 0.3) is 5.56 Å². The van der Waals surface area contributed by atoms with Crippen LogP contribution < -0.4 is 5.56 Å². The summed E-state index contributed by atoms with van der Waals surface area (Å²) in [5.74, 6) is 0.253. The minimum absolute atomic E-state index is 0.182. The van der Waals surface area contributed by atoms with Gasteiger partial charge in [0.1, 0.15) is 22.5 Å². The molecule has 0 saturated carbocycles. The second-order valence-corrected chi connectivity index (χ2v) is 8.54. The Morgan fingerprint density at radius 3 is 2.31 bits per heavy atom. The third-order valence-electron chi connectivity index (χ3n) is 6.19. The molecule has 0 fully saturated rings. The van der Waals surface area contributed by atoms with E-state index in [2.05, 4.69) is 5.10 Å². The number of rotatable bonds is 5. The van der Waals surface area contributed by atoms with E-state index < -0.39 is 0 Å². The molecule has 6 aromatic rings. The predicted molar refractivity (Wildman–Crippen MR) is 139 cm³/mol. The highest BCUT2D eigenvalue weighted by Crippen LogP contribution is 2.25. The molecule has 3 aromatic carbocycles. The summed E-state index contributed by atoms with van der Waals surface area (Å²) in [5, 5.41) is 4.96. The van der Waals surface area contributed by atoms with Crippen molar-refractivity contribution in [3.63, 3.8) is 0 Å². The van der Waals surface area contributed by atoms with E-state index in [1.165, 1.54) is 12.1 Å². The Bertz CT molecular complexity index is 1820. The molecule has 0 unspecified atom stereocenters. The van der Waals surface area contributed by atoms with Gasteiger partial charge in [0.2, 0.25) is 0 Å². The molecule has 0 radical (unpaired) electrons. The third kappa shape index (κ3) is 3.82. The average molecular weight is 477 g/mol. The van der Waals surface area contributed by atoms with Crippen LogP contribution in [0, 0.1) is 12.7 Å². The fourth-order valence-electron chi connectivity index (χ4n) is 4.35. The number of nitrogens with zero attached hydrogens (tertiary/aromatic N) is 6. The average Bonchev–Trinajstić information content (AvgIpc) is 3.19. The molecule has 7 nitrogen and oxygen atoms in total. The van der Waals surface area contributed by atoms with Gasteiger partial charge in [-0.3, -0.25) is 9.36 Å². The molecule has 0 spiro atoms.